The number of hydrogen-bond donors (Lipinski definition) is 0. The second kappa shape index (κ2) is 3.61. The van der Waals surface area contributed by atoms with Crippen molar-refractivity contribution in [3.05, 3.63) is 17.5 Å². The van der Waals surface area contributed by atoms with E-state index >= 15 is 0 Å². The Kier molecular flexibility index (Phi) is 2.72. The van der Waals surface area contributed by atoms with Crippen LogP contribution in [0.2, 0.25) is 0 Å². The van der Waals surface area contributed by atoms with Crippen LogP contribution in [0, 0.1) is 11.3 Å². The Morgan fingerprint density at radius 1 is 1.62 bits per heavy atom. The molecule has 3 heteroatoms. The Bertz CT molecular complexity index is 320. The molecule has 13 heavy (non-hydrogen) atoms. The lowest BCUT2D eigenvalue weighted by molar-refractivity contribution is 0.308. The Labute approximate surface area is 78.3 Å². The molecule has 0 saturated carbocycles. The van der Waals surface area contributed by atoms with Crippen molar-refractivity contribution in [3.8, 4) is 6.07 Å². The maximum absolute atomic E-state index is 8.46. The molecule has 0 radical (unpaired) electrons. The molecule has 1 aromatic heterocycles. The molecule has 0 atom stereocenters. The van der Waals surface area contributed by atoms with Gasteiger partial charge in [-0.15, -0.1) is 0 Å². The van der Waals surface area contributed by atoms with E-state index in [9.17, 15) is 0 Å². The summed E-state index contributed by atoms with van der Waals surface area (Å²) in [4.78, 5) is 0. The van der Waals surface area contributed by atoms with Crippen molar-refractivity contribution in [3.63, 3.8) is 0 Å². The summed E-state index contributed by atoms with van der Waals surface area (Å²) < 4.78 is 5.17. The van der Waals surface area contributed by atoms with Gasteiger partial charge in [-0.3, -0.25) is 0 Å². The fourth-order valence-corrected chi connectivity index (χ4v) is 0.969. The van der Waals surface area contributed by atoms with Crippen molar-refractivity contribution in [2.75, 3.05) is 0 Å². The van der Waals surface area contributed by atoms with Crippen molar-refractivity contribution >= 4 is 0 Å². The van der Waals surface area contributed by atoms with Crippen molar-refractivity contribution in [1.29, 1.82) is 5.26 Å². The molecule has 3 nitrogen and oxygen atoms in total. The Hall–Kier alpha value is -1.30. The van der Waals surface area contributed by atoms with E-state index in [0.29, 0.717) is 6.42 Å². The fraction of sp³-hybridized carbons (Fsp3) is 0.600. The summed E-state index contributed by atoms with van der Waals surface area (Å²) in [5, 5.41) is 12.3. The first-order valence-electron chi connectivity index (χ1n) is 4.43. The monoisotopic (exact) mass is 178 g/mol. The highest BCUT2D eigenvalue weighted by atomic mass is 16.5. The molecule has 1 rings (SSSR count). The van der Waals surface area contributed by atoms with Crippen molar-refractivity contribution in [1.82, 2.24) is 5.16 Å². The van der Waals surface area contributed by atoms with E-state index < -0.39 is 0 Å². The summed E-state index contributed by atoms with van der Waals surface area (Å²) >= 11 is 0. The maximum Gasteiger partial charge on any atom is 0.142 e. The van der Waals surface area contributed by atoms with Crippen molar-refractivity contribution in [2.24, 2.45) is 0 Å². The Morgan fingerprint density at radius 2 is 2.31 bits per heavy atom. The first-order valence-corrected chi connectivity index (χ1v) is 4.43. The van der Waals surface area contributed by atoms with Gasteiger partial charge >= 0.3 is 0 Å². The molecular weight excluding hydrogens is 164 g/mol. The van der Waals surface area contributed by atoms with Crippen LogP contribution in [-0.4, -0.2) is 5.16 Å². The molecule has 70 valence electrons. The van der Waals surface area contributed by atoms with Gasteiger partial charge in [-0.2, -0.15) is 5.26 Å². The third-order valence-electron chi connectivity index (χ3n) is 2.37. The summed E-state index contributed by atoms with van der Waals surface area (Å²) in [6, 6.07) is 3.91. The van der Waals surface area contributed by atoms with Crippen LogP contribution in [0.5, 0.6) is 0 Å². The van der Waals surface area contributed by atoms with Gasteiger partial charge in [-0.1, -0.05) is 25.9 Å². The second-order valence-corrected chi connectivity index (χ2v) is 3.75. The zero-order chi connectivity index (χ0) is 9.90. The van der Waals surface area contributed by atoms with E-state index in [0.717, 1.165) is 17.9 Å². The minimum atomic E-state index is 0.0146. The van der Waals surface area contributed by atoms with Gasteiger partial charge in [-0.25, -0.2) is 0 Å². The van der Waals surface area contributed by atoms with Crippen LogP contribution in [0.25, 0.3) is 0 Å². The number of aromatic nitrogens is 1. The lowest BCUT2D eigenvalue weighted by Crippen LogP contribution is -2.13. The first-order chi connectivity index (χ1) is 6.10. The summed E-state index contributed by atoms with van der Waals surface area (Å²) in [6.07, 6.45) is 1.32. The van der Waals surface area contributed by atoms with Gasteiger partial charge in [0.2, 0.25) is 0 Å². The third kappa shape index (κ3) is 2.09. The Morgan fingerprint density at radius 3 is 2.85 bits per heavy atom. The number of nitrogens with zero attached hydrogens (tertiary/aromatic N) is 2. The van der Waals surface area contributed by atoms with Crippen LogP contribution in [0.3, 0.4) is 0 Å². The van der Waals surface area contributed by atoms with Gasteiger partial charge in [0.05, 0.1) is 18.2 Å². The molecule has 0 spiro atoms. The summed E-state index contributed by atoms with van der Waals surface area (Å²) in [5.74, 6) is 0.861. The van der Waals surface area contributed by atoms with Gasteiger partial charge in [0, 0.05) is 11.5 Å². The average Bonchev–Trinajstić information content (AvgIpc) is 2.54. The van der Waals surface area contributed by atoms with E-state index in [1.807, 2.05) is 12.1 Å². The van der Waals surface area contributed by atoms with Crippen molar-refractivity contribution in [2.45, 2.75) is 39.0 Å². The predicted octanol–water partition coefficient (Wildman–Crippen LogP) is 2.43. The minimum Gasteiger partial charge on any atom is -0.361 e. The molecule has 0 bridgehead atoms. The number of nitriles is 1. The van der Waals surface area contributed by atoms with Crippen LogP contribution in [0.4, 0.5) is 0 Å². The molecule has 1 aromatic rings. The highest BCUT2D eigenvalue weighted by Gasteiger charge is 2.23. The van der Waals surface area contributed by atoms with Crippen LogP contribution in [0.1, 0.15) is 38.6 Å². The molecule has 1 heterocycles. The fourth-order valence-electron chi connectivity index (χ4n) is 0.969. The van der Waals surface area contributed by atoms with Gasteiger partial charge in [0.25, 0.3) is 0 Å². The molecule has 0 aliphatic heterocycles. The van der Waals surface area contributed by atoms with Gasteiger partial charge < -0.3 is 4.52 Å². The quantitative estimate of drug-likeness (QED) is 0.714. The largest absolute Gasteiger partial charge is 0.361 e. The first kappa shape index (κ1) is 9.79. The zero-order valence-electron chi connectivity index (χ0n) is 8.29. The normalized spacial score (nSPS) is 11.2. The standard InChI is InChI=1S/C10H14N2O/c1-4-10(2,3)9-7-8(5-6-11)12-13-9/h7H,4-5H2,1-3H3. The van der Waals surface area contributed by atoms with Crippen LogP contribution < -0.4 is 0 Å². The molecule has 0 aliphatic rings. The molecule has 0 N–H and O–H groups in total. The topological polar surface area (TPSA) is 49.8 Å². The summed E-state index contributed by atoms with van der Waals surface area (Å²) in [6.45, 7) is 6.31. The SMILES string of the molecule is CCC(C)(C)c1cc(CC#N)no1. The number of rotatable bonds is 3. The molecular formula is C10H14N2O. The second-order valence-electron chi connectivity index (χ2n) is 3.75. The summed E-state index contributed by atoms with van der Waals surface area (Å²) in [5.41, 5.74) is 0.736. The van der Waals surface area contributed by atoms with Crippen LogP contribution >= 0.6 is 0 Å². The average molecular weight is 178 g/mol. The zero-order valence-corrected chi connectivity index (χ0v) is 8.29. The van der Waals surface area contributed by atoms with Gasteiger partial charge in [-0.05, 0) is 6.42 Å². The van der Waals surface area contributed by atoms with Crippen LogP contribution in [-0.2, 0) is 11.8 Å². The molecule has 0 aliphatic carbocycles. The maximum atomic E-state index is 8.46. The minimum absolute atomic E-state index is 0.0146. The molecule has 0 aromatic carbocycles. The van der Waals surface area contributed by atoms with E-state index in [4.69, 9.17) is 9.78 Å². The van der Waals surface area contributed by atoms with E-state index in [1.165, 1.54) is 0 Å². The lowest BCUT2D eigenvalue weighted by atomic mass is 9.87. The predicted molar refractivity (Wildman–Crippen MR) is 49.1 cm³/mol. The van der Waals surface area contributed by atoms with Crippen molar-refractivity contribution < 1.29 is 4.52 Å². The van der Waals surface area contributed by atoms with E-state index in [-0.39, 0.29) is 5.41 Å². The highest BCUT2D eigenvalue weighted by Crippen LogP contribution is 2.26. The van der Waals surface area contributed by atoms with E-state index in [1.54, 1.807) is 0 Å². The van der Waals surface area contributed by atoms with Crippen LogP contribution in [0.15, 0.2) is 10.6 Å². The third-order valence-corrected chi connectivity index (χ3v) is 2.37. The highest BCUT2D eigenvalue weighted by molar-refractivity contribution is 5.16. The summed E-state index contributed by atoms with van der Waals surface area (Å²) in [7, 11) is 0. The molecule has 0 saturated heterocycles. The Balaban J connectivity index is 2.86. The van der Waals surface area contributed by atoms with Gasteiger partial charge in [0.1, 0.15) is 5.76 Å². The number of hydrogen-bond acceptors (Lipinski definition) is 3. The van der Waals surface area contributed by atoms with E-state index in [2.05, 4.69) is 25.9 Å². The molecule has 0 fully saturated rings. The van der Waals surface area contributed by atoms with Gasteiger partial charge in [0.15, 0.2) is 0 Å². The lowest BCUT2D eigenvalue weighted by Gasteiger charge is -2.17. The molecule has 0 unspecified atom stereocenters. The smallest absolute Gasteiger partial charge is 0.142 e. The molecule has 0 amide bonds.